The Balaban J connectivity index is 1.47. The largest absolute Gasteiger partial charge is 0.493 e. The first-order chi connectivity index (χ1) is 21.4. The molecule has 0 bridgehead atoms. The molecule has 4 aromatic carbocycles. The number of esters is 1. The maximum atomic E-state index is 14.1. The SMILES string of the molecule is CCOC(=O)C1=C(C)N=c2s/c(=C\c3cccc(OC)c3OCc3cccc4ccccc34)c(=O)n2[C@@H]1c1ccccc1Cl. The molecule has 1 aromatic heterocycles. The van der Waals surface area contributed by atoms with Gasteiger partial charge in [-0.05, 0) is 54.0 Å². The van der Waals surface area contributed by atoms with Crippen LogP contribution in [-0.2, 0) is 16.1 Å². The average Bonchev–Trinajstić information content (AvgIpc) is 3.33. The van der Waals surface area contributed by atoms with Crippen LogP contribution in [0.25, 0.3) is 16.8 Å². The van der Waals surface area contributed by atoms with Gasteiger partial charge in [0.25, 0.3) is 5.56 Å². The van der Waals surface area contributed by atoms with E-state index < -0.39 is 12.0 Å². The standard InChI is InChI=1S/C35H29ClN2O5S/c1-4-42-34(40)30-21(2)37-35-38(31(30)26-16-7-8-17-27(26)36)33(39)29(44-35)19-23-13-10-18-28(41-3)32(23)43-20-24-14-9-12-22-11-5-6-15-25(22)24/h5-19,31H,4,20H2,1-3H3/b29-19-/t31-/m1/s1. The second-order valence-corrected chi connectivity index (χ2v) is 11.5. The smallest absolute Gasteiger partial charge is 0.338 e. The third-order valence-electron chi connectivity index (χ3n) is 7.48. The zero-order chi connectivity index (χ0) is 30.8. The van der Waals surface area contributed by atoms with Gasteiger partial charge < -0.3 is 14.2 Å². The topological polar surface area (TPSA) is 79.1 Å². The molecule has 0 radical (unpaired) electrons. The van der Waals surface area contributed by atoms with Crippen molar-refractivity contribution < 1.29 is 19.0 Å². The Labute approximate surface area is 262 Å². The van der Waals surface area contributed by atoms with Crippen LogP contribution in [0.1, 0.15) is 36.6 Å². The van der Waals surface area contributed by atoms with Gasteiger partial charge in [-0.3, -0.25) is 9.36 Å². The molecule has 0 fully saturated rings. The number of halogens is 1. The number of carbonyl (C=O) groups excluding carboxylic acids is 1. The van der Waals surface area contributed by atoms with Gasteiger partial charge >= 0.3 is 5.97 Å². The predicted molar refractivity (Wildman–Crippen MR) is 173 cm³/mol. The highest BCUT2D eigenvalue weighted by atomic mass is 35.5. The Morgan fingerprint density at radius 3 is 2.57 bits per heavy atom. The predicted octanol–water partition coefficient (Wildman–Crippen LogP) is 6.19. The summed E-state index contributed by atoms with van der Waals surface area (Å²) in [5.41, 5.74) is 2.75. The number of hydrogen-bond acceptors (Lipinski definition) is 7. The highest BCUT2D eigenvalue weighted by molar-refractivity contribution is 7.07. The second-order valence-electron chi connectivity index (χ2n) is 10.1. The van der Waals surface area contributed by atoms with E-state index in [1.54, 1.807) is 39.2 Å². The fraction of sp³-hybridized carbons (Fsp3) is 0.171. The Morgan fingerprint density at radius 2 is 1.77 bits per heavy atom. The van der Waals surface area contributed by atoms with Crippen molar-refractivity contribution in [1.82, 2.24) is 4.57 Å². The molecule has 0 saturated carbocycles. The van der Waals surface area contributed by atoms with Crippen molar-refractivity contribution in [1.29, 1.82) is 0 Å². The molecule has 0 saturated heterocycles. The maximum absolute atomic E-state index is 14.1. The average molecular weight is 625 g/mol. The van der Waals surface area contributed by atoms with E-state index in [4.69, 9.17) is 25.8 Å². The lowest BCUT2D eigenvalue weighted by molar-refractivity contribution is -0.139. The fourth-order valence-corrected chi connectivity index (χ4v) is 6.73. The summed E-state index contributed by atoms with van der Waals surface area (Å²) in [5, 5.41) is 2.66. The quantitative estimate of drug-likeness (QED) is 0.192. The molecule has 44 heavy (non-hydrogen) atoms. The molecule has 2 heterocycles. The number of thiazole rings is 1. The van der Waals surface area contributed by atoms with Gasteiger partial charge in [-0.2, -0.15) is 0 Å². The molecule has 5 aromatic rings. The number of allylic oxidation sites excluding steroid dienone is 1. The van der Waals surface area contributed by atoms with Crippen LogP contribution in [-0.4, -0.2) is 24.3 Å². The Bertz CT molecular complexity index is 2110. The van der Waals surface area contributed by atoms with E-state index in [-0.39, 0.29) is 17.7 Å². The van der Waals surface area contributed by atoms with E-state index in [1.165, 1.54) is 15.9 Å². The molecule has 222 valence electrons. The lowest BCUT2D eigenvalue weighted by atomic mass is 9.96. The van der Waals surface area contributed by atoms with E-state index in [9.17, 15) is 9.59 Å². The first kappa shape index (κ1) is 29.4. The Kier molecular flexibility index (Phi) is 8.37. The molecule has 7 nitrogen and oxygen atoms in total. The van der Waals surface area contributed by atoms with E-state index >= 15 is 0 Å². The van der Waals surface area contributed by atoms with Crippen LogP contribution in [0.3, 0.4) is 0 Å². The van der Waals surface area contributed by atoms with E-state index in [0.717, 1.165) is 16.3 Å². The van der Waals surface area contributed by atoms with E-state index in [0.29, 0.717) is 49.3 Å². The van der Waals surface area contributed by atoms with Crippen LogP contribution in [0.4, 0.5) is 0 Å². The Morgan fingerprint density at radius 1 is 1.02 bits per heavy atom. The summed E-state index contributed by atoms with van der Waals surface area (Å²) >= 11 is 7.86. The minimum absolute atomic E-state index is 0.187. The van der Waals surface area contributed by atoms with Gasteiger partial charge in [0.2, 0.25) is 0 Å². The summed E-state index contributed by atoms with van der Waals surface area (Å²) in [6.07, 6.45) is 1.78. The van der Waals surface area contributed by atoms with Crippen molar-refractivity contribution in [2.45, 2.75) is 26.5 Å². The molecule has 0 aliphatic carbocycles. The summed E-state index contributed by atoms with van der Waals surface area (Å²) in [6, 6.07) is 26.2. The number of para-hydroxylation sites is 1. The number of benzene rings is 4. The minimum Gasteiger partial charge on any atom is -0.493 e. The van der Waals surface area contributed by atoms with Crippen LogP contribution in [0.15, 0.2) is 106 Å². The number of hydrogen-bond donors (Lipinski definition) is 0. The van der Waals surface area contributed by atoms with Crippen molar-refractivity contribution in [2.24, 2.45) is 4.99 Å². The zero-order valence-corrected chi connectivity index (χ0v) is 25.9. The third-order valence-corrected chi connectivity index (χ3v) is 8.81. The highest BCUT2D eigenvalue weighted by Crippen LogP contribution is 2.35. The van der Waals surface area contributed by atoms with Crippen molar-refractivity contribution in [3.05, 3.63) is 138 Å². The summed E-state index contributed by atoms with van der Waals surface area (Å²) in [6.45, 7) is 3.97. The maximum Gasteiger partial charge on any atom is 0.338 e. The lowest BCUT2D eigenvalue weighted by Gasteiger charge is -2.25. The molecular weight excluding hydrogens is 596 g/mol. The molecule has 0 spiro atoms. The van der Waals surface area contributed by atoms with Gasteiger partial charge in [-0.15, -0.1) is 0 Å². The van der Waals surface area contributed by atoms with Crippen LogP contribution < -0.4 is 24.4 Å². The summed E-state index contributed by atoms with van der Waals surface area (Å²) in [7, 11) is 1.58. The van der Waals surface area contributed by atoms with Gasteiger partial charge in [0.15, 0.2) is 16.3 Å². The van der Waals surface area contributed by atoms with E-state index in [2.05, 4.69) is 23.2 Å². The molecule has 1 aliphatic heterocycles. The van der Waals surface area contributed by atoms with Crippen LogP contribution >= 0.6 is 22.9 Å². The van der Waals surface area contributed by atoms with Crippen molar-refractivity contribution in [3.63, 3.8) is 0 Å². The normalized spacial score (nSPS) is 14.7. The molecular formula is C35H29ClN2O5S. The lowest BCUT2D eigenvalue weighted by Crippen LogP contribution is -2.40. The monoisotopic (exact) mass is 624 g/mol. The highest BCUT2D eigenvalue weighted by Gasteiger charge is 2.34. The summed E-state index contributed by atoms with van der Waals surface area (Å²) in [5.74, 6) is 0.519. The van der Waals surface area contributed by atoms with Gasteiger partial charge in [0, 0.05) is 10.6 Å². The van der Waals surface area contributed by atoms with Crippen molar-refractivity contribution in [2.75, 3.05) is 13.7 Å². The number of ether oxygens (including phenoxy) is 3. The number of rotatable bonds is 8. The van der Waals surface area contributed by atoms with E-state index in [1.807, 2.05) is 54.6 Å². The van der Waals surface area contributed by atoms with Crippen LogP contribution in [0.2, 0.25) is 5.02 Å². The van der Waals surface area contributed by atoms with Crippen molar-refractivity contribution >= 4 is 45.8 Å². The minimum atomic E-state index is -0.798. The fourth-order valence-electron chi connectivity index (χ4n) is 5.45. The molecule has 1 atom stereocenters. The van der Waals surface area contributed by atoms with Gasteiger partial charge in [0.05, 0.1) is 29.5 Å². The first-order valence-corrected chi connectivity index (χ1v) is 15.3. The summed E-state index contributed by atoms with van der Waals surface area (Å²) in [4.78, 5) is 32.4. The van der Waals surface area contributed by atoms with Crippen LogP contribution in [0.5, 0.6) is 11.5 Å². The van der Waals surface area contributed by atoms with Crippen molar-refractivity contribution in [3.8, 4) is 11.5 Å². The molecule has 0 unspecified atom stereocenters. The molecule has 6 rings (SSSR count). The zero-order valence-electron chi connectivity index (χ0n) is 24.4. The molecule has 0 amide bonds. The van der Waals surface area contributed by atoms with Crippen LogP contribution in [0, 0.1) is 0 Å². The molecule has 1 aliphatic rings. The molecule has 0 N–H and O–H groups in total. The molecule has 9 heteroatoms. The Hall–Kier alpha value is -4.66. The number of fused-ring (bicyclic) bond motifs is 2. The number of aromatic nitrogens is 1. The summed E-state index contributed by atoms with van der Waals surface area (Å²) < 4.78 is 19.4. The number of nitrogens with zero attached hydrogens (tertiary/aromatic N) is 2. The third kappa shape index (κ3) is 5.42. The van der Waals surface area contributed by atoms with Gasteiger partial charge in [-0.1, -0.05) is 95.7 Å². The first-order valence-electron chi connectivity index (χ1n) is 14.1. The van der Waals surface area contributed by atoms with Gasteiger partial charge in [0.1, 0.15) is 12.6 Å². The van der Waals surface area contributed by atoms with Gasteiger partial charge in [-0.25, -0.2) is 9.79 Å². The number of carbonyl (C=O) groups is 1. The number of methoxy groups -OCH3 is 1. The second kappa shape index (κ2) is 12.5.